The van der Waals surface area contributed by atoms with Crippen molar-refractivity contribution in [1.82, 2.24) is 5.32 Å². The van der Waals surface area contributed by atoms with Crippen molar-refractivity contribution in [1.29, 1.82) is 0 Å². The molecule has 0 saturated carbocycles. The number of carboxylic acid groups (broad SMARTS) is 1. The number of aliphatic carboxylic acids is 1. The van der Waals surface area contributed by atoms with Gasteiger partial charge in [0, 0.05) is 32.6 Å². The van der Waals surface area contributed by atoms with Crippen LogP contribution in [0.4, 0.5) is 4.39 Å². The summed E-state index contributed by atoms with van der Waals surface area (Å²) in [5.74, 6) is -1.15. The van der Waals surface area contributed by atoms with Crippen molar-refractivity contribution in [3.05, 3.63) is 35.9 Å². The summed E-state index contributed by atoms with van der Waals surface area (Å²) in [6.45, 7) is 0.880. The molecule has 19 heavy (non-hydrogen) atoms. The first-order valence-corrected chi connectivity index (χ1v) is 6.38. The average molecular weight is 267 g/mol. The molecule has 0 bridgehead atoms. The second-order valence-corrected chi connectivity index (χ2v) is 4.78. The van der Waals surface area contributed by atoms with E-state index in [1.807, 2.05) is 30.3 Å². The summed E-state index contributed by atoms with van der Waals surface area (Å²) in [5, 5.41) is 12.0. The van der Waals surface area contributed by atoms with E-state index in [2.05, 4.69) is 5.32 Å². The van der Waals surface area contributed by atoms with E-state index >= 15 is 0 Å². The molecule has 1 aliphatic heterocycles. The molecule has 1 aromatic carbocycles. The first kappa shape index (κ1) is 14.0. The maximum Gasteiger partial charge on any atom is 0.324 e. The number of carboxylic acids is 1. The number of halogens is 1. The van der Waals surface area contributed by atoms with Crippen molar-refractivity contribution < 1.29 is 19.0 Å². The molecule has 0 unspecified atom stereocenters. The highest BCUT2D eigenvalue weighted by atomic mass is 19.1. The van der Waals surface area contributed by atoms with Crippen molar-refractivity contribution in [3.8, 4) is 0 Å². The van der Waals surface area contributed by atoms with Gasteiger partial charge in [0.2, 0.25) is 0 Å². The smallest absolute Gasteiger partial charge is 0.324 e. The normalized spacial score (nSPS) is 19.8. The summed E-state index contributed by atoms with van der Waals surface area (Å²) in [5.41, 5.74) is -0.803. The standard InChI is InChI=1S/C14H18FNO3/c15-14(6-8-19-9-7-14)12(13(17)18)16-10-11-4-2-1-3-5-11/h1-5,12,16H,6-10H2,(H,17,18)/t12-/m1/s1. The molecule has 0 radical (unpaired) electrons. The van der Waals surface area contributed by atoms with Gasteiger partial charge in [-0.05, 0) is 5.56 Å². The number of nitrogens with one attached hydrogen (secondary N) is 1. The Morgan fingerprint density at radius 1 is 1.37 bits per heavy atom. The van der Waals surface area contributed by atoms with Crippen LogP contribution in [-0.4, -0.2) is 36.0 Å². The van der Waals surface area contributed by atoms with E-state index in [-0.39, 0.29) is 26.1 Å². The van der Waals surface area contributed by atoms with Crippen LogP contribution in [0.1, 0.15) is 18.4 Å². The van der Waals surface area contributed by atoms with Crippen molar-refractivity contribution in [3.63, 3.8) is 0 Å². The fourth-order valence-electron chi connectivity index (χ4n) is 2.31. The molecule has 4 nitrogen and oxygen atoms in total. The van der Waals surface area contributed by atoms with Crippen molar-refractivity contribution in [2.24, 2.45) is 0 Å². The van der Waals surface area contributed by atoms with E-state index in [4.69, 9.17) is 4.74 Å². The molecule has 1 atom stereocenters. The Labute approximate surface area is 111 Å². The third-order valence-electron chi connectivity index (χ3n) is 3.44. The second kappa shape index (κ2) is 6.12. The summed E-state index contributed by atoms with van der Waals surface area (Å²) in [4.78, 5) is 11.3. The Balaban J connectivity index is 2.02. The maximum atomic E-state index is 14.7. The van der Waals surface area contributed by atoms with Gasteiger partial charge in [0.1, 0.15) is 11.7 Å². The molecule has 104 valence electrons. The summed E-state index contributed by atoms with van der Waals surface area (Å²) < 4.78 is 19.8. The van der Waals surface area contributed by atoms with E-state index < -0.39 is 17.7 Å². The Morgan fingerprint density at radius 2 is 2.00 bits per heavy atom. The van der Waals surface area contributed by atoms with Gasteiger partial charge in [0.25, 0.3) is 0 Å². The molecule has 5 heteroatoms. The molecule has 0 amide bonds. The molecule has 1 aliphatic rings. The quantitative estimate of drug-likeness (QED) is 0.853. The number of hydrogen-bond donors (Lipinski definition) is 2. The van der Waals surface area contributed by atoms with Crippen LogP contribution in [0.2, 0.25) is 0 Å². The number of alkyl halides is 1. The van der Waals surface area contributed by atoms with E-state index in [0.29, 0.717) is 6.54 Å². The fraction of sp³-hybridized carbons (Fsp3) is 0.500. The largest absolute Gasteiger partial charge is 0.480 e. The monoisotopic (exact) mass is 267 g/mol. The summed E-state index contributed by atoms with van der Waals surface area (Å²) in [6.07, 6.45) is 0.234. The molecule has 0 spiro atoms. The number of ether oxygens (including phenoxy) is 1. The zero-order valence-corrected chi connectivity index (χ0v) is 10.6. The van der Waals surface area contributed by atoms with Crippen LogP contribution < -0.4 is 5.32 Å². The topological polar surface area (TPSA) is 58.6 Å². The Hall–Kier alpha value is -1.46. The van der Waals surface area contributed by atoms with E-state index in [1.165, 1.54) is 0 Å². The number of hydrogen-bond acceptors (Lipinski definition) is 3. The number of carbonyl (C=O) groups is 1. The summed E-state index contributed by atoms with van der Waals surface area (Å²) >= 11 is 0. The minimum atomic E-state index is -1.74. The van der Waals surface area contributed by atoms with Gasteiger partial charge in [-0.2, -0.15) is 0 Å². The molecule has 2 N–H and O–H groups in total. The number of benzene rings is 1. The van der Waals surface area contributed by atoms with Gasteiger partial charge in [-0.15, -0.1) is 0 Å². The van der Waals surface area contributed by atoms with Gasteiger partial charge >= 0.3 is 5.97 Å². The highest BCUT2D eigenvalue weighted by molar-refractivity contribution is 5.75. The highest BCUT2D eigenvalue weighted by Gasteiger charge is 2.44. The third kappa shape index (κ3) is 3.52. The lowest BCUT2D eigenvalue weighted by atomic mass is 9.88. The maximum absolute atomic E-state index is 14.7. The molecule has 1 saturated heterocycles. The van der Waals surface area contributed by atoms with Gasteiger partial charge in [0.15, 0.2) is 0 Å². The van der Waals surface area contributed by atoms with Gasteiger partial charge < -0.3 is 9.84 Å². The van der Waals surface area contributed by atoms with Gasteiger partial charge in [-0.3, -0.25) is 10.1 Å². The third-order valence-corrected chi connectivity index (χ3v) is 3.44. The van der Waals surface area contributed by atoms with Gasteiger partial charge in [-0.1, -0.05) is 30.3 Å². The zero-order chi connectivity index (χ0) is 13.7. The van der Waals surface area contributed by atoms with Gasteiger partial charge in [0.05, 0.1) is 0 Å². The molecule has 0 aliphatic carbocycles. The average Bonchev–Trinajstić information content (AvgIpc) is 2.40. The van der Waals surface area contributed by atoms with Crippen LogP contribution in [0, 0.1) is 0 Å². The molecule has 1 fully saturated rings. The first-order valence-electron chi connectivity index (χ1n) is 6.38. The van der Waals surface area contributed by atoms with Crippen LogP contribution >= 0.6 is 0 Å². The lowest BCUT2D eigenvalue weighted by Gasteiger charge is -2.34. The minimum absolute atomic E-state index is 0.117. The van der Waals surface area contributed by atoms with Crippen LogP contribution in [-0.2, 0) is 16.1 Å². The van der Waals surface area contributed by atoms with E-state index in [1.54, 1.807) is 0 Å². The zero-order valence-electron chi connectivity index (χ0n) is 10.6. The Bertz CT molecular complexity index is 418. The fourth-order valence-corrected chi connectivity index (χ4v) is 2.31. The summed E-state index contributed by atoms with van der Waals surface area (Å²) in [7, 11) is 0. The van der Waals surface area contributed by atoms with Crippen LogP contribution in [0.15, 0.2) is 30.3 Å². The number of rotatable bonds is 5. The van der Waals surface area contributed by atoms with Crippen LogP contribution in [0.5, 0.6) is 0 Å². The molecule has 0 aromatic heterocycles. The highest BCUT2D eigenvalue weighted by Crippen LogP contribution is 2.29. The molecule has 1 aromatic rings. The lowest BCUT2D eigenvalue weighted by molar-refractivity contribution is -0.147. The van der Waals surface area contributed by atoms with Crippen LogP contribution in [0.3, 0.4) is 0 Å². The summed E-state index contributed by atoms with van der Waals surface area (Å²) in [6, 6.07) is 8.17. The van der Waals surface area contributed by atoms with E-state index in [9.17, 15) is 14.3 Å². The first-order chi connectivity index (χ1) is 9.12. The van der Waals surface area contributed by atoms with Crippen molar-refractivity contribution >= 4 is 5.97 Å². The molecular formula is C14H18FNO3. The molecule has 2 rings (SSSR count). The second-order valence-electron chi connectivity index (χ2n) is 4.78. The minimum Gasteiger partial charge on any atom is -0.480 e. The SMILES string of the molecule is O=C(O)[C@@H](NCc1ccccc1)C1(F)CCOCC1. The molecule has 1 heterocycles. The Kier molecular flexibility index (Phi) is 4.50. The lowest BCUT2D eigenvalue weighted by Crippen LogP contribution is -2.54. The predicted molar refractivity (Wildman–Crippen MR) is 68.6 cm³/mol. The predicted octanol–water partition coefficient (Wildman–Crippen LogP) is 1.75. The van der Waals surface area contributed by atoms with Crippen molar-refractivity contribution in [2.45, 2.75) is 31.1 Å². The van der Waals surface area contributed by atoms with Gasteiger partial charge in [-0.25, -0.2) is 4.39 Å². The van der Waals surface area contributed by atoms with Crippen molar-refractivity contribution in [2.75, 3.05) is 13.2 Å². The Morgan fingerprint density at radius 3 is 2.58 bits per heavy atom. The van der Waals surface area contributed by atoms with E-state index in [0.717, 1.165) is 5.56 Å². The molecular weight excluding hydrogens is 249 g/mol. The van der Waals surface area contributed by atoms with Crippen LogP contribution in [0.25, 0.3) is 0 Å².